The molecule has 1 amide bonds. The van der Waals surface area contributed by atoms with E-state index in [4.69, 9.17) is 0 Å². The SMILES string of the molecule is O=C(N/C(=N/CCc1ccccc1)c1cccnc1)c1ccccc1. The Morgan fingerprint density at radius 3 is 2.24 bits per heavy atom. The summed E-state index contributed by atoms with van der Waals surface area (Å²) >= 11 is 0. The van der Waals surface area contributed by atoms with Crippen LogP contribution in [0.25, 0.3) is 0 Å². The zero-order valence-electron chi connectivity index (χ0n) is 13.8. The van der Waals surface area contributed by atoms with Gasteiger partial charge in [-0.3, -0.25) is 14.8 Å². The van der Waals surface area contributed by atoms with Crippen molar-refractivity contribution in [3.63, 3.8) is 0 Å². The van der Waals surface area contributed by atoms with Gasteiger partial charge in [-0.15, -0.1) is 0 Å². The first kappa shape index (κ1) is 16.6. The number of amidine groups is 1. The van der Waals surface area contributed by atoms with E-state index in [1.807, 2.05) is 48.5 Å². The van der Waals surface area contributed by atoms with Gasteiger partial charge in [-0.2, -0.15) is 0 Å². The van der Waals surface area contributed by atoms with Crippen molar-refractivity contribution in [2.45, 2.75) is 6.42 Å². The van der Waals surface area contributed by atoms with Gasteiger partial charge < -0.3 is 5.32 Å². The lowest BCUT2D eigenvalue weighted by Gasteiger charge is -2.09. The van der Waals surface area contributed by atoms with Crippen LogP contribution in [0.1, 0.15) is 21.5 Å². The van der Waals surface area contributed by atoms with E-state index in [0.29, 0.717) is 17.9 Å². The third-order valence-electron chi connectivity index (χ3n) is 3.72. The molecule has 0 atom stereocenters. The maximum atomic E-state index is 12.4. The molecule has 124 valence electrons. The van der Waals surface area contributed by atoms with Gasteiger partial charge >= 0.3 is 0 Å². The van der Waals surface area contributed by atoms with Gasteiger partial charge in [0.2, 0.25) is 0 Å². The zero-order valence-corrected chi connectivity index (χ0v) is 13.8. The third kappa shape index (κ3) is 4.85. The standard InChI is InChI=1S/C21H19N3O/c25-21(18-10-5-2-6-11-18)24-20(19-12-7-14-22-16-19)23-15-13-17-8-3-1-4-9-17/h1-12,14,16H,13,15H2,(H,23,24,25). The van der Waals surface area contributed by atoms with Crippen LogP contribution in [0, 0.1) is 0 Å². The van der Waals surface area contributed by atoms with E-state index in [1.54, 1.807) is 24.5 Å². The van der Waals surface area contributed by atoms with Gasteiger partial charge in [0.05, 0.1) is 0 Å². The molecule has 0 aliphatic rings. The molecule has 2 aromatic carbocycles. The summed E-state index contributed by atoms with van der Waals surface area (Å²) < 4.78 is 0. The average molecular weight is 329 g/mol. The quantitative estimate of drug-likeness (QED) is 0.575. The second-order valence-electron chi connectivity index (χ2n) is 5.53. The van der Waals surface area contributed by atoms with Gasteiger partial charge in [-0.25, -0.2) is 0 Å². The molecule has 1 N–H and O–H groups in total. The molecule has 4 heteroatoms. The van der Waals surface area contributed by atoms with Crippen molar-refractivity contribution in [3.05, 3.63) is 102 Å². The Morgan fingerprint density at radius 2 is 1.56 bits per heavy atom. The van der Waals surface area contributed by atoms with E-state index in [-0.39, 0.29) is 5.91 Å². The van der Waals surface area contributed by atoms with Gasteiger partial charge in [-0.05, 0) is 36.2 Å². The number of nitrogens with one attached hydrogen (secondary N) is 1. The summed E-state index contributed by atoms with van der Waals surface area (Å²) in [7, 11) is 0. The number of amides is 1. The molecule has 0 bridgehead atoms. The lowest BCUT2D eigenvalue weighted by molar-refractivity contribution is 0.0977. The van der Waals surface area contributed by atoms with Crippen molar-refractivity contribution in [1.29, 1.82) is 0 Å². The molecule has 0 aliphatic carbocycles. The van der Waals surface area contributed by atoms with Crippen LogP contribution in [0.4, 0.5) is 0 Å². The smallest absolute Gasteiger partial charge is 0.256 e. The van der Waals surface area contributed by atoms with Crippen LogP contribution in [0.2, 0.25) is 0 Å². The minimum absolute atomic E-state index is 0.178. The molecular formula is C21H19N3O. The highest BCUT2D eigenvalue weighted by Crippen LogP contribution is 2.04. The van der Waals surface area contributed by atoms with Gasteiger partial charge in [-0.1, -0.05) is 48.5 Å². The highest BCUT2D eigenvalue weighted by atomic mass is 16.1. The highest BCUT2D eigenvalue weighted by molar-refractivity contribution is 6.12. The summed E-state index contributed by atoms with van der Waals surface area (Å²) in [6.07, 6.45) is 4.21. The Hall–Kier alpha value is -3.27. The molecule has 3 rings (SSSR count). The summed E-state index contributed by atoms with van der Waals surface area (Å²) in [5.74, 6) is 0.362. The van der Waals surface area contributed by atoms with Crippen molar-refractivity contribution in [1.82, 2.24) is 10.3 Å². The van der Waals surface area contributed by atoms with Crippen LogP contribution in [0.3, 0.4) is 0 Å². The second-order valence-corrected chi connectivity index (χ2v) is 5.53. The summed E-state index contributed by atoms with van der Waals surface area (Å²) in [6, 6.07) is 23.0. The van der Waals surface area contributed by atoms with Crippen LogP contribution in [-0.2, 0) is 6.42 Å². The maximum Gasteiger partial charge on any atom is 0.256 e. The molecule has 0 saturated heterocycles. The minimum atomic E-state index is -0.178. The van der Waals surface area contributed by atoms with Crippen molar-refractivity contribution < 1.29 is 4.79 Å². The normalized spacial score (nSPS) is 11.1. The summed E-state index contributed by atoms with van der Waals surface area (Å²) in [5, 5.41) is 2.91. The van der Waals surface area contributed by atoms with E-state index in [2.05, 4.69) is 27.4 Å². The average Bonchev–Trinajstić information content (AvgIpc) is 2.69. The van der Waals surface area contributed by atoms with E-state index in [0.717, 1.165) is 12.0 Å². The first-order chi connectivity index (χ1) is 12.3. The van der Waals surface area contributed by atoms with Crippen LogP contribution >= 0.6 is 0 Å². The van der Waals surface area contributed by atoms with Gasteiger partial charge in [0.1, 0.15) is 5.84 Å². The monoisotopic (exact) mass is 329 g/mol. The fourth-order valence-electron chi connectivity index (χ4n) is 2.42. The molecule has 25 heavy (non-hydrogen) atoms. The van der Waals surface area contributed by atoms with Crippen LogP contribution in [0.15, 0.2) is 90.2 Å². The van der Waals surface area contributed by atoms with Crippen LogP contribution < -0.4 is 5.32 Å². The first-order valence-corrected chi connectivity index (χ1v) is 8.18. The molecule has 0 saturated carbocycles. The number of carbonyl (C=O) groups is 1. The number of aliphatic imine (C=N–C) groups is 1. The number of hydrogen-bond acceptors (Lipinski definition) is 3. The number of benzene rings is 2. The number of aromatic nitrogens is 1. The predicted octanol–water partition coefficient (Wildman–Crippen LogP) is 3.50. The number of hydrogen-bond donors (Lipinski definition) is 1. The van der Waals surface area contributed by atoms with Crippen molar-refractivity contribution >= 4 is 11.7 Å². The molecular weight excluding hydrogens is 310 g/mol. The fourth-order valence-corrected chi connectivity index (χ4v) is 2.42. The molecule has 0 aliphatic heterocycles. The van der Waals surface area contributed by atoms with E-state index in [1.165, 1.54) is 5.56 Å². The Kier molecular flexibility index (Phi) is 5.67. The molecule has 0 radical (unpaired) electrons. The molecule has 0 fully saturated rings. The number of nitrogens with zero attached hydrogens (tertiary/aromatic N) is 2. The fraction of sp³-hybridized carbons (Fsp3) is 0.0952. The Balaban J connectivity index is 1.76. The Labute approximate surface area is 147 Å². The molecule has 1 heterocycles. The van der Waals surface area contributed by atoms with Crippen molar-refractivity contribution in [2.75, 3.05) is 6.54 Å². The van der Waals surface area contributed by atoms with Crippen molar-refractivity contribution in [2.24, 2.45) is 4.99 Å². The highest BCUT2D eigenvalue weighted by Gasteiger charge is 2.10. The van der Waals surface area contributed by atoms with Gasteiger partial charge in [0.15, 0.2) is 0 Å². The largest absolute Gasteiger partial charge is 0.306 e. The van der Waals surface area contributed by atoms with Crippen molar-refractivity contribution in [3.8, 4) is 0 Å². The maximum absolute atomic E-state index is 12.4. The number of carbonyl (C=O) groups excluding carboxylic acids is 1. The Morgan fingerprint density at radius 1 is 0.880 bits per heavy atom. The summed E-state index contributed by atoms with van der Waals surface area (Å²) in [6.45, 7) is 0.587. The minimum Gasteiger partial charge on any atom is -0.306 e. The third-order valence-corrected chi connectivity index (χ3v) is 3.72. The van der Waals surface area contributed by atoms with E-state index in [9.17, 15) is 4.79 Å². The van der Waals surface area contributed by atoms with Crippen LogP contribution in [-0.4, -0.2) is 23.3 Å². The zero-order chi connectivity index (χ0) is 17.3. The molecule has 3 aromatic rings. The number of rotatable bonds is 5. The molecule has 0 spiro atoms. The number of pyridine rings is 1. The van der Waals surface area contributed by atoms with Gasteiger partial charge in [0.25, 0.3) is 5.91 Å². The first-order valence-electron chi connectivity index (χ1n) is 8.18. The molecule has 4 nitrogen and oxygen atoms in total. The van der Waals surface area contributed by atoms with E-state index < -0.39 is 0 Å². The Bertz CT molecular complexity index is 831. The van der Waals surface area contributed by atoms with Crippen LogP contribution in [0.5, 0.6) is 0 Å². The lowest BCUT2D eigenvalue weighted by Crippen LogP contribution is -2.31. The summed E-state index contributed by atoms with van der Waals surface area (Å²) in [5.41, 5.74) is 2.60. The predicted molar refractivity (Wildman–Crippen MR) is 99.7 cm³/mol. The lowest BCUT2D eigenvalue weighted by atomic mass is 10.1. The summed E-state index contributed by atoms with van der Waals surface area (Å²) in [4.78, 5) is 21.2. The van der Waals surface area contributed by atoms with Gasteiger partial charge in [0, 0.05) is 30.1 Å². The topological polar surface area (TPSA) is 54.4 Å². The molecule has 1 aromatic heterocycles. The molecule has 0 unspecified atom stereocenters. The van der Waals surface area contributed by atoms with E-state index >= 15 is 0 Å². The second kappa shape index (κ2) is 8.55.